The van der Waals surface area contributed by atoms with Crippen LogP contribution in [-0.2, 0) is 16.0 Å². The zero-order valence-electron chi connectivity index (χ0n) is 12.4. The summed E-state index contributed by atoms with van der Waals surface area (Å²) in [5.74, 6) is 2.03. The summed E-state index contributed by atoms with van der Waals surface area (Å²) in [5, 5.41) is 0. The van der Waals surface area contributed by atoms with E-state index in [1.165, 1.54) is 16.7 Å². The number of hydrogen-bond donors (Lipinski definition) is 0. The Hall–Kier alpha value is -2.21. The fraction of sp³-hybridized carbons (Fsp3) is 0.471. The first-order valence-corrected chi connectivity index (χ1v) is 8.01. The van der Waals surface area contributed by atoms with Gasteiger partial charge in [-0.1, -0.05) is 0 Å². The van der Waals surface area contributed by atoms with Crippen molar-refractivity contribution in [1.29, 1.82) is 0 Å². The molecule has 118 valence electrons. The standard InChI is InChI=1S/C17H15NO5/c19-17-22-15-3-10-11-6-18(12(10)4-16(15)23-17)5-8-1-13-14(2-9(8)11)21-7-20-13/h1-3,11-12,15-16H,4-7H2/t11-,12-,15-,16+/m1/s1. The number of hydrogen-bond acceptors (Lipinski definition) is 6. The molecule has 0 aromatic heterocycles. The summed E-state index contributed by atoms with van der Waals surface area (Å²) in [6, 6.07) is 4.58. The minimum Gasteiger partial charge on any atom is -0.454 e. The molecule has 2 bridgehead atoms. The molecule has 6 heteroatoms. The van der Waals surface area contributed by atoms with Gasteiger partial charge in [0.25, 0.3) is 0 Å². The van der Waals surface area contributed by atoms with Gasteiger partial charge in [0.05, 0.1) is 0 Å². The van der Waals surface area contributed by atoms with Gasteiger partial charge in [0.15, 0.2) is 17.6 Å². The van der Waals surface area contributed by atoms with Gasteiger partial charge in [0.1, 0.15) is 6.10 Å². The number of rotatable bonds is 0. The molecule has 0 radical (unpaired) electrons. The number of ether oxygens (including phenoxy) is 4. The van der Waals surface area contributed by atoms with Crippen LogP contribution >= 0.6 is 0 Å². The molecule has 0 spiro atoms. The molecular weight excluding hydrogens is 298 g/mol. The number of carbonyl (C=O) groups is 1. The van der Waals surface area contributed by atoms with Crippen LogP contribution in [0.2, 0.25) is 0 Å². The van der Waals surface area contributed by atoms with Crippen LogP contribution in [0.5, 0.6) is 11.5 Å². The third-order valence-electron chi connectivity index (χ3n) is 5.69. The van der Waals surface area contributed by atoms with Crippen molar-refractivity contribution in [2.45, 2.75) is 37.1 Å². The average Bonchev–Trinajstić information content (AvgIpc) is 3.20. The van der Waals surface area contributed by atoms with Crippen LogP contribution in [0.3, 0.4) is 0 Å². The fourth-order valence-corrected chi connectivity index (χ4v) is 4.69. The van der Waals surface area contributed by atoms with E-state index < -0.39 is 6.16 Å². The quantitative estimate of drug-likeness (QED) is 0.539. The maximum atomic E-state index is 11.4. The molecule has 4 heterocycles. The van der Waals surface area contributed by atoms with E-state index in [1.807, 2.05) is 0 Å². The molecule has 2 saturated heterocycles. The molecule has 4 aliphatic heterocycles. The van der Waals surface area contributed by atoms with Crippen LogP contribution < -0.4 is 9.47 Å². The Balaban J connectivity index is 1.46. The minimum atomic E-state index is -0.541. The highest BCUT2D eigenvalue weighted by molar-refractivity contribution is 5.64. The molecule has 23 heavy (non-hydrogen) atoms. The third kappa shape index (κ3) is 1.54. The monoisotopic (exact) mass is 313 g/mol. The van der Waals surface area contributed by atoms with E-state index in [-0.39, 0.29) is 12.2 Å². The fourth-order valence-electron chi connectivity index (χ4n) is 4.69. The van der Waals surface area contributed by atoms with Gasteiger partial charge in [0, 0.05) is 31.5 Å². The van der Waals surface area contributed by atoms with E-state index >= 15 is 0 Å². The summed E-state index contributed by atoms with van der Waals surface area (Å²) in [5.41, 5.74) is 3.99. The van der Waals surface area contributed by atoms with Gasteiger partial charge >= 0.3 is 6.16 Å². The summed E-state index contributed by atoms with van der Waals surface area (Å²) >= 11 is 0. The van der Waals surface area contributed by atoms with Crippen molar-refractivity contribution < 1.29 is 23.7 Å². The second kappa shape index (κ2) is 4.00. The Morgan fingerprint density at radius 3 is 2.91 bits per heavy atom. The van der Waals surface area contributed by atoms with Gasteiger partial charge in [-0.2, -0.15) is 0 Å². The van der Waals surface area contributed by atoms with Crippen molar-refractivity contribution in [1.82, 2.24) is 4.90 Å². The molecule has 2 fully saturated rings. The van der Waals surface area contributed by atoms with Crippen molar-refractivity contribution >= 4 is 6.16 Å². The van der Waals surface area contributed by atoms with Crippen LogP contribution in [0.4, 0.5) is 4.79 Å². The Bertz CT molecular complexity index is 772. The number of fused-ring (bicyclic) bond motifs is 9. The number of carbonyl (C=O) groups excluding carboxylic acids is 1. The van der Waals surface area contributed by atoms with Gasteiger partial charge in [-0.3, -0.25) is 4.90 Å². The first kappa shape index (κ1) is 12.2. The van der Waals surface area contributed by atoms with Crippen molar-refractivity contribution in [3.63, 3.8) is 0 Å². The lowest BCUT2D eigenvalue weighted by Crippen LogP contribution is -2.38. The number of nitrogens with zero attached hydrogens (tertiary/aromatic N) is 1. The average molecular weight is 313 g/mol. The molecule has 6 nitrogen and oxygen atoms in total. The SMILES string of the molecule is O=C1O[C@H]2C[C@@H]3C(=C[C@H]2O1)[C@@H]1CN3Cc2cc3c(cc21)OCO3. The summed E-state index contributed by atoms with van der Waals surface area (Å²) in [6.45, 7) is 2.21. The molecular formula is C17H15NO5. The van der Waals surface area contributed by atoms with Crippen LogP contribution in [-0.4, -0.2) is 42.6 Å². The second-order valence-corrected chi connectivity index (χ2v) is 6.79. The van der Waals surface area contributed by atoms with Gasteiger partial charge in [-0.15, -0.1) is 0 Å². The minimum absolute atomic E-state index is 0.143. The summed E-state index contributed by atoms with van der Waals surface area (Å²) in [4.78, 5) is 13.9. The Labute approximate surface area is 132 Å². The maximum Gasteiger partial charge on any atom is 0.509 e. The second-order valence-electron chi connectivity index (χ2n) is 6.79. The zero-order valence-corrected chi connectivity index (χ0v) is 12.4. The highest BCUT2D eigenvalue weighted by Crippen LogP contribution is 2.50. The van der Waals surface area contributed by atoms with E-state index in [2.05, 4.69) is 23.1 Å². The molecule has 0 saturated carbocycles. The van der Waals surface area contributed by atoms with Crippen LogP contribution in [0, 0.1) is 0 Å². The molecule has 1 aromatic carbocycles. The van der Waals surface area contributed by atoms with Crippen LogP contribution in [0.25, 0.3) is 0 Å². The van der Waals surface area contributed by atoms with Gasteiger partial charge < -0.3 is 18.9 Å². The normalized spacial score (nSPS) is 38.2. The molecule has 0 N–H and O–H groups in total. The number of benzene rings is 1. The molecule has 0 amide bonds. The lowest BCUT2D eigenvalue weighted by atomic mass is 9.82. The van der Waals surface area contributed by atoms with E-state index in [0.717, 1.165) is 31.0 Å². The van der Waals surface area contributed by atoms with Crippen molar-refractivity contribution in [3.8, 4) is 11.5 Å². The smallest absolute Gasteiger partial charge is 0.454 e. The molecule has 1 unspecified atom stereocenters. The van der Waals surface area contributed by atoms with Crippen LogP contribution in [0.15, 0.2) is 23.8 Å². The first-order chi connectivity index (χ1) is 11.3. The molecule has 5 atom stereocenters. The molecule has 5 aliphatic rings. The third-order valence-corrected chi connectivity index (χ3v) is 5.69. The summed E-state index contributed by atoms with van der Waals surface area (Å²) < 4.78 is 21.6. The van der Waals surface area contributed by atoms with E-state index in [0.29, 0.717) is 18.8 Å². The first-order valence-electron chi connectivity index (χ1n) is 8.01. The topological polar surface area (TPSA) is 57.2 Å². The predicted molar refractivity (Wildman–Crippen MR) is 77.3 cm³/mol. The Morgan fingerprint density at radius 1 is 1.13 bits per heavy atom. The highest BCUT2D eigenvalue weighted by atomic mass is 16.8. The largest absolute Gasteiger partial charge is 0.509 e. The lowest BCUT2D eigenvalue weighted by molar-refractivity contribution is 0.104. The van der Waals surface area contributed by atoms with E-state index in [9.17, 15) is 4.79 Å². The molecule has 1 aliphatic carbocycles. The van der Waals surface area contributed by atoms with Gasteiger partial charge in [0.2, 0.25) is 6.79 Å². The van der Waals surface area contributed by atoms with Crippen molar-refractivity contribution in [2.24, 2.45) is 0 Å². The zero-order chi connectivity index (χ0) is 15.1. The summed E-state index contributed by atoms with van der Waals surface area (Å²) in [6.07, 6.45) is 2.02. The molecule has 1 aromatic rings. The van der Waals surface area contributed by atoms with E-state index in [1.54, 1.807) is 0 Å². The van der Waals surface area contributed by atoms with Crippen LogP contribution in [0.1, 0.15) is 23.5 Å². The Morgan fingerprint density at radius 2 is 2.00 bits per heavy atom. The van der Waals surface area contributed by atoms with Gasteiger partial charge in [-0.05, 0) is 34.9 Å². The van der Waals surface area contributed by atoms with Crippen molar-refractivity contribution in [3.05, 3.63) is 34.9 Å². The summed E-state index contributed by atoms with van der Waals surface area (Å²) in [7, 11) is 0. The maximum absolute atomic E-state index is 11.4. The molecule has 6 rings (SSSR count). The van der Waals surface area contributed by atoms with Crippen molar-refractivity contribution in [2.75, 3.05) is 13.3 Å². The lowest BCUT2D eigenvalue weighted by Gasteiger charge is -2.30. The predicted octanol–water partition coefficient (Wildman–Crippen LogP) is 1.93. The van der Waals surface area contributed by atoms with E-state index in [4.69, 9.17) is 18.9 Å². The van der Waals surface area contributed by atoms with Gasteiger partial charge in [-0.25, -0.2) is 4.79 Å². The highest BCUT2D eigenvalue weighted by Gasteiger charge is 2.50. The Kier molecular flexibility index (Phi) is 2.13.